The van der Waals surface area contributed by atoms with Crippen molar-refractivity contribution < 1.29 is 13.5 Å². The third-order valence-corrected chi connectivity index (χ3v) is 6.98. The van der Waals surface area contributed by atoms with Gasteiger partial charge in [-0.3, -0.25) is 0 Å². The Kier molecular flexibility index (Phi) is 6.95. The van der Waals surface area contributed by atoms with Crippen LogP contribution in [0.2, 0.25) is 0 Å². The molecule has 0 amide bonds. The molecule has 0 bridgehead atoms. The topological polar surface area (TPSA) is 66.4 Å². The molecule has 4 nitrogen and oxygen atoms in total. The van der Waals surface area contributed by atoms with Gasteiger partial charge in [0.2, 0.25) is 10.0 Å². The minimum atomic E-state index is -3.98. The van der Waals surface area contributed by atoms with Gasteiger partial charge in [-0.1, -0.05) is 108 Å². The molecule has 0 aromatic heterocycles. The number of aliphatic hydroxyl groups is 1. The van der Waals surface area contributed by atoms with E-state index in [1.54, 1.807) is 72.8 Å². The number of benzene rings is 4. The molecular formula is C29H25NO3S. The van der Waals surface area contributed by atoms with Crippen LogP contribution in [0.15, 0.2) is 120 Å². The minimum absolute atomic E-state index is 0.116. The van der Waals surface area contributed by atoms with E-state index < -0.39 is 21.7 Å². The van der Waals surface area contributed by atoms with Crippen LogP contribution >= 0.6 is 0 Å². The van der Waals surface area contributed by atoms with E-state index in [2.05, 4.69) is 16.6 Å². The zero-order chi connectivity index (χ0) is 24.0. The van der Waals surface area contributed by atoms with Crippen molar-refractivity contribution in [3.8, 4) is 11.8 Å². The quantitative estimate of drug-likeness (QED) is 0.394. The van der Waals surface area contributed by atoms with Gasteiger partial charge in [-0.15, -0.1) is 0 Å². The normalized spacial score (nSPS) is 13.8. The average Bonchev–Trinajstić information content (AvgIpc) is 2.88. The number of nitrogens with one attached hydrogen (secondary N) is 1. The van der Waals surface area contributed by atoms with E-state index in [4.69, 9.17) is 0 Å². The van der Waals surface area contributed by atoms with E-state index in [-0.39, 0.29) is 4.90 Å². The summed E-state index contributed by atoms with van der Waals surface area (Å²) >= 11 is 0. The van der Waals surface area contributed by atoms with Crippen LogP contribution in [0.3, 0.4) is 0 Å². The summed E-state index contributed by atoms with van der Waals surface area (Å²) in [6, 6.07) is 32.7. The van der Waals surface area contributed by atoms with E-state index in [1.165, 1.54) is 0 Å². The molecule has 0 spiro atoms. The van der Waals surface area contributed by atoms with Crippen molar-refractivity contribution in [1.82, 2.24) is 4.72 Å². The highest BCUT2D eigenvalue weighted by Gasteiger charge is 2.41. The maximum atomic E-state index is 13.4. The van der Waals surface area contributed by atoms with Crippen LogP contribution in [0.4, 0.5) is 0 Å². The summed E-state index contributed by atoms with van der Waals surface area (Å²) in [6.07, 6.45) is 0. The van der Waals surface area contributed by atoms with E-state index in [9.17, 15) is 13.5 Å². The summed E-state index contributed by atoms with van der Waals surface area (Å²) in [5, 5.41) is 12.1. The maximum absolute atomic E-state index is 13.4. The molecule has 5 heteroatoms. The van der Waals surface area contributed by atoms with Crippen molar-refractivity contribution in [3.63, 3.8) is 0 Å². The molecule has 0 aliphatic carbocycles. The zero-order valence-electron chi connectivity index (χ0n) is 18.7. The van der Waals surface area contributed by atoms with Gasteiger partial charge in [-0.2, -0.15) is 4.72 Å². The highest BCUT2D eigenvalue weighted by atomic mass is 32.2. The summed E-state index contributed by atoms with van der Waals surface area (Å²) in [6.45, 7) is 1.89. The first-order valence-electron chi connectivity index (χ1n) is 10.9. The van der Waals surface area contributed by atoms with E-state index in [0.29, 0.717) is 16.7 Å². The molecule has 0 aliphatic heterocycles. The second-order valence-corrected chi connectivity index (χ2v) is 9.74. The number of hydrogen-bond donors (Lipinski definition) is 2. The lowest BCUT2D eigenvalue weighted by Gasteiger charge is -2.33. The average molecular weight is 468 g/mol. The van der Waals surface area contributed by atoms with Gasteiger partial charge in [0, 0.05) is 5.56 Å². The van der Waals surface area contributed by atoms with Crippen LogP contribution in [-0.4, -0.2) is 13.5 Å². The smallest absolute Gasteiger partial charge is 0.241 e. The first-order valence-corrected chi connectivity index (χ1v) is 12.4. The fourth-order valence-electron chi connectivity index (χ4n) is 3.67. The molecule has 4 rings (SSSR count). The predicted octanol–water partition coefficient (Wildman–Crippen LogP) is 4.95. The fraction of sp³-hybridized carbons (Fsp3) is 0.103. The lowest BCUT2D eigenvalue weighted by atomic mass is 9.83. The second kappa shape index (κ2) is 10.1. The highest BCUT2D eigenvalue weighted by molar-refractivity contribution is 7.89. The number of rotatable bonds is 6. The Hall–Kier alpha value is -3.69. The molecule has 34 heavy (non-hydrogen) atoms. The summed E-state index contributed by atoms with van der Waals surface area (Å²) < 4.78 is 29.6. The van der Waals surface area contributed by atoms with Crippen LogP contribution in [0, 0.1) is 18.8 Å². The molecule has 0 fully saturated rings. The fourth-order valence-corrected chi connectivity index (χ4v) is 4.92. The summed E-state index contributed by atoms with van der Waals surface area (Å²) in [5.74, 6) is 6.02. The summed E-state index contributed by atoms with van der Waals surface area (Å²) in [7, 11) is -3.98. The van der Waals surface area contributed by atoms with Gasteiger partial charge in [0.25, 0.3) is 0 Å². The van der Waals surface area contributed by atoms with E-state index in [1.807, 2.05) is 49.4 Å². The van der Waals surface area contributed by atoms with Crippen molar-refractivity contribution in [2.75, 3.05) is 0 Å². The first kappa shape index (κ1) is 23.5. The van der Waals surface area contributed by atoms with Crippen molar-refractivity contribution >= 4 is 10.0 Å². The Bertz CT molecular complexity index is 1390. The van der Waals surface area contributed by atoms with Crippen molar-refractivity contribution in [2.24, 2.45) is 0 Å². The Morgan fingerprint density at radius 3 is 1.88 bits per heavy atom. The maximum Gasteiger partial charge on any atom is 0.241 e. The Morgan fingerprint density at radius 1 is 0.765 bits per heavy atom. The highest BCUT2D eigenvalue weighted by Crippen LogP contribution is 2.36. The second-order valence-electron chi connectivity index (χ2n) is 8.03. The molecule has 0 saturated heterocycles. The van der Waals surface area contributed by atoms with Gasteiger partial charge in [0.15, 0.2) is 5.60 Å². The van der Waals surface area contributed by atoms with Crippen molar-refractivity contribution in [2.45, 2.75) is 23.5 Å². The van der Waals surface area contributed by atoms with Crippen LogP contribution in [0.25, 0.3) is 0 Å². The molecule has 0 radical (unpaired) electrons. The lowest BCUT2D eigenvalue weighted by Crippen LogP contribution is -2.43. The summed E-state index contributed by atoms with van der Waals surface area (Å²) in [5.41, 5.74) is 0.889. The van der Waals surface area contributed by atoms with E-state index >= 15 is 0 Å². The Labute approximate surface area is 201 Å². The number of aryl methyl sites for hydroxylation is 1. The van der Waals surface area contributed by atoms with Crippen molar-refractivity contribution in [1.29, 1.82) is 0 Å². The molecule has 4 aromatic rings. The molecule has 2 N–H and O–H groups in total. The molecule has 2 atom stereocenters. The van der Waals surface area contributed by atoms with Gasteiger partial charge in [0.05, 0.1) is 10.9 Å². The SMILES string of the molecule is Cc1ccc(S(=O)(=O)NC(c2ccccc2)C(O)(C#Cc2ccccc2)c2ccccc2)cc1. The monoisotopic (exact) mass is 467 g/mol. The zero-order valence-corrected chi connectivity index (χ0v) is 19.5. The third-order valence-electron chi connectivity index (χ3n) is 5.54. The van der Waals surface area contributed by atoms with Gasteiger partial charge >= 0.3 is 0 Å². The molecule has 0 aliphatic rings. The van der Waals surface area contributed by atoms with Gasteiger partial charge < -0.3 is 5.11 Å². The van der Waals surface area contributed by atoms with Crippen molar-refractivity contribution in [3.05, 3.63) is 138 Å². The minimum Gasteiger partial charge on any atom is -0.371 e. The molecular weight excluding hydrogens is 442 g/mol. The molecule has 0 heterocycles. The molecule has 170 valence electrons. The van der Waals surface area contributed by atoms with Gasteiger partial charge in [-0.05, 0) is 42.3 Å². The number of sulfonamides is 1. The van der Waals surface area contributed by atoms with Gasteiger partial charge in [-0.25, -0.2) is 8.42 Å². The molecule has 0 saturated carbocycles. The molecule has 2 unspecified atom stereocenters. The first-order chi connectivity index (χ1) is 16.4. The number of hydrogen-bond acceptors (Lipinski definition) is 3. The van der Waals surface area contributed by atoms with Crippen LogP contribution < -0.4 is 4.72 Å². The van der Waals surface area contributed by atoms with Crippen LogP contribution in [0.1, 0.15) is 28.3 Å². The Balaban J connectivity index is 1.87. The lowest BCUT2D eigenvalue weighted by molar-refractivity contribution is 0.0635. The summed E-state index contributed by atoms with van der Waals surface area (Å²) in [4.78, 5) is 0.116. The third kappa shape index (κ3) is 5.27. The van der Waals surface area contributed by atoms with Gasteiger partial charge in [0.1, 0.15) is 0 Å². The standard InChI is InChI=1S/C29H25NO3S/c1-23-17-19-27(20-18-23)34(32,33)30-28(25-13-7-3-8-14-25)29(31,26-15-9-4-10-16-26)22-21-24-11-5-2-6-12-24/h2-20,28,30-31H,1H3. The Morgan fingerprint density at radius 2 is 1.29 bits per heavy atom. The van der Waals surface area contributed by atoms with Crippen LogP contribution in [0.5, 0.6) is 0 Å². The molecule has 4 aromatic carbocycles. The predicted molar refractivity (Wildman–Crippen MR) is 134 cm³/mol. The van der Waals surface area contributed by atoms with E-state index in [0.717, 1.165) is 5.56 Å². The van der Waals surface area contributed by atoms with Crippen LogP contribution in [-0.2, 0) is 15.6 Å². The largest absolute Gasteiger partial charge is 0.371 e.